The molecule has 0 atom stereocenters. The van der Waals surface area contributed by atoms with Gasteiger partial charge in [-0.05, 0) is 30.9 Å². The van der Waals surface area contributed by atoms with Crippen molar-refractivity contribution in [1.29, 1.82) is 0 Å². The number of hydrogen-bond acceptors (Lipinski definition) is 2. The van der Waals surface area contributed by atoms with Crippen molar-refractivity contribution >= 4 is 11.7 Å². The van der Waals surface area contributed by atoms with E-state index in [1.807, 2.05) is 6.07 Å². The summed E-state index contributed by atoms with van der Waals surface area (Å²) in [5, 5.41) is 8.83. The Morgan fingerprint density at radius 1 is 1.21 bits per heavy atom. The van der Waals surface area contributed by atoms with Gasteiger partial charge < -0.3 is 10.0 Å². The Kier molecular flexibility index (Phi) is 3.21. The van der Waals surface area contributed by atoms with Gasteiger partial charge in [0.2, 0.25) is 0 Å². The highest BCUT2D eigenvalue weighted by Crippen LogP contribution is 2.47. The second-order valence-electron chi connectivity index (χ2n) is 6.09. The standard InChI is InChI=1S/C16H21NO2/c18-15(19)8-7-13-5-1-2-6-14(13)17-11-16(12-17)9-3-4-10-16/h1-2,5-6H,3-4,7-12H2,(H,18,19). The molecule has 0 aromatic heterocycles. The maximum absolute atomic E-state index is 10.7. The van der Waals surface area contributed by atoms with Gasteiger partial charge >= 0.3 is 5.97 Å². The highest BCUT2D eigenvalue weighted by Gasteiger charge is 2.44. The fourth-order valence-corrected chi connectivity index (χ4v) is 3.65. The van der Waals surface area contributed by atoms with Crippen molar-refractivity contribution < 1.29 is 9.90 Å². The third-order valence-electron chi connectivity index (χ3n) is 4.66. The van der Waals surface area contributed by atoms with Crippen LogP contribution in [-0.2, 0) is 11.2 Å². The lowest BCUT2D eigenvalue weighted by Gasteiger charge is -2.50. The molecule has 19 heavy (non-hydrogen) atoms. The van der Waals surface area contributed by atoms with Gasteiger partial charge in [-0.1, -0.05) is 31.0 Å². The second-order valence-corrected chi connectivity index (χ2v) is 6.09. The van der Waals surface area contributed by atoms with E-state index < -0.39 is 5.97 Å². The number of rotatable bonds is 4. The van der Waals surface area contributed by atoms with Gasteiger partial charge in [-0.3, -0.25) is 4.79 Å². The van der Waals surface area contributed by atoms with E-state index in [0.717, 1.165) is 13.1 Å². The predicted molar refractivity (Wildman–Crippen MR) is 75.5 cm³/mol. The SMILES string of the molecule is O=C(O)CCc1ccccc1N1CC2(CCCC2)C1. The lowest BCUT2D eigenvalue weighted by atomic mass is 9.77. The van der Waals surface area contributed by atoms with Crippen LogP contribution in [0.5, 0.6) is 0 Å². The predicted octanol–water partition coefficient (Wildman–Crippen LogP) is 3.08. The number of anilines is 1. The number of para-hydroxylation sites is 1. The van der Waals surface area contributed by atoms with Gasteiger partial charge in [0.1, 0.15) is 0 Å². The minimum absolute atomic E-state index is 0.218. The van der Waals surface area contributed by atoms with Crippen LogP contribution in [0.15, 0.2) is 24.3 Å². The first-order valence-electron chi connectivity index (χ1n) is 7.23. The van der Waals surface area contributed by atoms with Crippen LogP contribution in [0.3, 0.4) is 0 Å². The lowest BCUT2D eigenvalue weighted by molar-refractivity contribution is -0.136. The number of nitrogens with zero attached hydrogens (tertiary/aromatic N) is 1. The van der Waals surface area contributed by atoms with Crippen LogP contribution in [0.2, 0.25) is 0 Å². The summed E-state index contributed by atoms with van der Waals surface area (Å²) in [6, 6.07) is 8.27. The number of carboxylic acid groups (broad SMARTS) is 1. The Labute approximate surface area is 114 Å². The molecule has 1 N–H and O–H groups in total. The molecule has 3 rings (SSSR count). The molecule has 1 saturated heterocycles. The minimum atomic E-state index is -0.717. The van der Waals surface area contributed by atoms with Crippen LogP contribution >= 0.6 is 0 Å². The minimum Gasteiger partial charge on any atom is -0.481 e. The quantitative estimate of drug-likeness (QED) is 0.903. The molecule has 0 unspecified atom stereocenters. The molecule has 2 fully saturated rings. The van der Waals surface area contributed by atoms with E-state index in [4.69, 9.17) is 5.11 Å². The number of aryl methyl sites for hydroxylation is 1. The normalized spacial score (nSPS) is 20.5. The van der Waals surface area contributed by atoms with E-state index in [0.29, 0.717) is 11.8 Å². The van der Waals surface area contributed by atoms with Gasteiger partial charge in [0.25, 0.3) is 0 Å². The Morgan fingerprint density at radius 3 is 2.58 bits per heavy atom. The van der Waals surface area contributed by atoms with Crippen LogP contribution in [0.4, 0.5) is 5.69 Å². The second kappa shape index (κ2) is 4.87. The van der Waals surface area contributed by atoms with Crippen LogP contribution in [0.1, 0.15) is 37.7 Å². The molecule has 0 bridgehead atoms. The van der Waals surface area contributed by atoms with Crippen molar-refractivity contribution in [2.75, 3.05) is 18.0 Å². The van der Waals surface area contributed by atoms with Crippen molar-refractivity contribution in [3.8, 4) is 0 Å². The zero-order valence-corrected chi connectivity index (χ0v) is 11.3. The maximum atomic E-state index is 10.7. The zero-order valence-electron chi connectivity index (χ0n) is 11.3. The number of aliphatic carboxylic acids is 1. The van der Waals surface area contributed by atoms with Gasteiger partial charge in [-0.25, -0.2) is 0 Å². The average molecular weight is 259 g/mol. The average Bonchev–Trinajstić information content (AvgIpc) is 2.84. The van der Waals surface area contributed by atoms with Crippen molar-refractivity contribution in [1.82, 2.24) is 0 Å². The lowest BCUT2D eigenvalue weighted by Crippen LogP contribution is -2.55. The molecule has 1 saturated carbocycles. The maximum Gasteiger partial charge on any atom is 0.303 e. The molecule has 1 aromatic carbocycles. The van der Waals surface area contributed by atoms with Gasteiger partial charge in [-0.2, -0.15) is 0 Å². The zero-order chi connectivity index (χ0) is 13.3. The fraction of sp³-hybridized carbons (Fsp3) is 0.562. The Hall–Kier alpha value is -1.51. The topological polar surface area (TPSA) is 40.5 Å². The third-order valence-corrected chi connectivity index (χ3v) is 4.66. The van der Waals surface area contributed by atoms with E-state index in [-0.39, 0.29) is 6.42 Å². The highest BCUT2D eigenvalue weighted by atomic mass is 16.4. The molecule has 1 heterocycles. The van der Waals surface area contributed by atoms with E-state index in [2.05, 4.69) is 23.1 Å². The molecule has 102 valence electrons. The Balaban J connectivity index is 1.69. The molecular formula is C16H21NO2. The first-order valence-corrected chi connectivity index (χ1v) is 7.23. The highest BCUT2D eigenvalue weighted by molar-refractivity contribution is 5.68. The summed E-state index contributed by atoms with van der Waals surface area (Å²) in [5.41, 5.74) is 3.01. The third kappa shape index (κ3) is 2.46. The smallest absolute Gasteiger partial charge is 0.303 e. The number of carbonyl (C=O) groups is 1. The van der Waals surface area contributed by atoms with E-state index in [9.17, 15) is 4.79 Å². The van der Waals surface area contributed by atoms with Crippen LogP contribution in [-0.4, -0.2) is 24.2 Å². The first kappa shape index (κ1) is 12.5. The molecule has 3 nitrogen and oxygen atoms in total. The molecule has 1 aliphatic heterocycles. The van der Waals surface area contributed by atoms with Crippen LogP contribution in [0, 0.1) is 5.41 Å². The van der Waals surface area contributed by atoms with E-state index in [1.54, 1.807) is 0 Å². The molecule has 1 aliphatic carbocycles. The summed E-state index contributed by atoms with van der Waals surface area (Å²) in [6.45, 7) is 2.33. The number of hydrogen-bond donors (Lipinski definition) is 1. The summed E-state index contributed by atoms with van der Waals surface area (Å²) < 4.78 is 0. The van der Waals surface area contributed by atoms with Crippen molar-refractivity contribution in [2.45, 2.75) is 38.5 Å². The van der Waals surface area contributed by atoms with E-state index in [1.165, 1.54) is 36.9 Å². The molecule has 1 spiro atoms. The Bertz CT molecular complexity index is 469. The summed E-state index contributed by atoms with van der Waals surface area (Å²) in [5.74, 6) is -0.717. The number of carboxylic acids is 1. The first-order chi connectivity index (χ1) is 9.19. The Morgan fingerprint density at radius 2 is 1.89 bits per heavy atom. The van der Waals surface area contributed by atoms with Crippen LogP contribution in [0.25, 0.3) is 0 Å². The molecule has 3 heteroatoms. The monoisotopic (exact) mass is 259 g/mol. The fourth-order valence-electron chi connectivity index (χ4n) is 3.65. The summed E-state index contributed by atoms with van der Waals surface area (Å²) in [6.07, 6.45) is 6.37. The largest absolute Gasteiger partial charge is 0.481 e. The summed E-state index contributed by atoms with van der Waals surface area (Å²) in [7, 11) is 0. The van der Waals surface area contributed by atoms with Crippen molar-refractivity contribution in [2.24, 2.45) is 5.41 Å². The number of benzene rings is 1. The van der Waals surface area contributed by atoms with Crippen LogP contribution < -0.4 is 4.90 Å². The summed E-state index contributed by atoms with van der Waals surface area (Å²) in [4.78, 5) is 13.2. The van der Waals surface area contributed by atoms with Gasteiger partial charge in [0.15, 0.2) is 0 Å². The van der Waals surface area contributed by atoms with Gasteiger partial charge in [-0.15, -0.1) is 0 Å². The molecular weight excluding hydrogens is 238 g/mol. The molecule has 0 amide bonds. The van der Waals surface area contributed by atoms with E-state index >= 15 is 0 Å². The van der Waals surface area contributed by atoms with Crippen molar-refractivity contribution in [3.63, 3.8) is 0 Å². The molecule has 0 radical (unpaired) electrons. The van der Waals surface area contributed by atoms with Crippen molar-refractivity contribution in [3.05, 3.63) is 29.8 Å². The molecule has 1 aromatic rings. The molecule has 2 aliphatic rings. The van der Waals surface area contributed by atoms with Gasteiger partial charge in [0.05, 0.1) is 0 Å². The summed E-state index contributed by atoms with van der Waals surface area (Å²) >= 11 is 0. The van der Waals surface area contributed by atoms with Gasteiger partial charge in [0, 0.05) is 30.6 Å².